The molecule has 0 bridgehead atoms. The average Bonchev–Trinajstić information content (AvgIpc) is 2.85. The van der Waals surface area contributed by atoms with Gasteiger partial charge in [-0.2, -0.15) is 0 Å². The lowest BCUT2D eigenvalue weighted by Crippen LogP contribution is -2.42. The van der Waals surface area contributed by atoms with Gasteiger partial charge in [0, 0.05) is 30.5 Å². The molecule has 1 fully saturated rings. The van der Waals surface area contributed by atoms with Gasteiger partial charge in [0.05, 0.1) is 6.61 Å². The molecule has 3 rings (SSSR count). The molecule has 0 saturated carbocycles. The van der Waals surface area contributed by atoms with Crippen molar-refractivity contribution in [1.29, 1.82) is 0 Å². The molecule has 2 aliphatic rings. The summed E-state index contributed by atoms with van der Waals surface area (Å²) in [6, 6.07) is 4.80. The van der Waals surface area contributed by atoms with Crippen molar-refractivity contribution in [3.63, 3.8) is 0 Å². The van der Waals surface area contributed by atoms with E-state index >= 15 is 0 Å². The summed E-state index contributed by atoms with van der Waals surface area (Å²) in [5.41, 5.74) is 2.77. The SMILES string of the molecule is CNC(C1CCCOC1)C1CCc2cccnc21. The Labute approximate surface area is 109 Å². The Morgan fingerprint density at radius 1 is 1.44 bits per heavy atom. The fourth-order valence-corrected chi connectivity index (χ4v) is 3.61. The predicted octanol–water partition coefficient (Wildman–Crippen LogP) is 2.13. The molecule has 3 unspecified atom stereocenters. The van der Waals surface area contributed by atoms with E-state index in [2.05, 4.69) is 29.5 Å². The van der Waals surface area contributed by atoms with Gasteiger partial charge >= 0.3 is 0 Å². The molecule has 1 saturated heterocycles. The number of nitrogens with zero attached hydrogens (tertiary/aromatic N) is 1. The van der Waals surface area contributed by atoms with Gasteiger partial charge in [-0.15, -0.1) is 0 Å². The van der Waals surface area contributed by atoms with Gasteiger partial charge < -0.3 is 10.1 Å². The number of aromatic nitrogens is 1. The van der Waals surface area contributed by atoms with E-state index in [9.17, 15) is 0 Å². The maximum Gasteiger partial charge on any atom is 0.0509 e. The summed E-state index contributed by atoms with van der Waals surface area (Å²) in [6.07, 6.45) is 6.82. The standard InChI is InChI=1S/C15H22N2O/c1-16-14(12-5-3-9-18-10-12)13-7-6-11-4-2-8-17-15(11)13/h2,4,8,12-14,16H,3,5-7,9-10H2,1H3. The van der Waals surface area contributed by atoms with E-state index < -0.39 is 0 Å². The number of rotatable bonds is 3. The van der Waals surface area contributed by atoms with Crippen LogP contribution in [0.5, 0.6) is 0 Å². The number of nitrogens with one attached hydrogen (secondary N) is 1. The van der Waals surface area contributed by atoms with Gasteiger partial charge in [-0.05, 0) is 50.3 Å². The first-order chi connectivity index (χ1) is 8.90. The quantitative estimate of drug-likeness (QED) is 0.887. The zero-order valence-electron chi connectivity index (χ0n) is 11.1. The zero-order chi connectivity index (χ0) is 12.4. The number of ether oxygens (including phenoxy) is 1. The van der Waals surface area contributed by atoms with Crippen molar-refractivity contribution in [1.82, 2.24) is 10.3 Å². The molecule has 18 heavy (non-hydrogen) atoms. The number of likely N-dealkylation sites (N-methyl/N-ethyl adjacent to an activating group) is 1. The third kappa shape index (κ3) is 2.17. The predicted molar refractivity (Wildman–Crippen MR) is 71.7 cm³/mol. The van der Waals surface area contributed by atoms with E-state index in [1.165, 1.54) is 36.9 Å². The van der Waals surface area contributed by atoms with Crippen molar-refractivity contribution in [2.45, 2.75) is 37.6 Å². The van der Waals surface area contributed by atoms with E-state index in [0.717, 1.165) is 13.2 Å². The van der Waals surface area contributed by atoms with Crippen LogP contribution in [0.3, 0.4) is 0 Å². The molecular formula is C15H22N2O. The second-order valence-electron chi connectivity index (χ2n) is 5.48. The van der Waals surface area contributed by atoms with Gasteiger partial charge in [0.15, 0.2) is 0 Å². The summed E-state index contributed by atoms with van der Waals surface area (Å²) in [4.78, 5) is 4.62. The molecule has 0 amide bonds. The van der Waals surface area contributed by atoms with Gasteiger partial charge in [-0.25, -0.2) is 0 Å². The van der Waals surface area contributed by atoms with Crippen molar-refractivity contribution < 1.29 is 4.74 Å². The first-order valence-corrected chi connectivity index (χ1v) is 7.09. The van der Waals surface area contributed by atoms with Crippen LogP contribution in [0.15, 0.2) is 18.3 Å². The Hall–Kier alpha value is -0.930. The normalized spacial score (nSPS) is 28.9. The van der Waals surface area contributed by atoms with Gasteiger partial charge in [-0.1, -0.05) is 6.07 Å². The average molecular weight is 246 g/mol. The zero-order valence-corrected chi connectivity index (χ0v) is 11.1. The highest BCUT2D eigenvalue weighted by Crippen LogP contribution is 2.37. The van der Waals surface area contributed by atoms with Crippen LogP contribution in [0.1, 0.15) is 36.4 Å². The number of fused-ring (bicyclic) bond motifs is 1. The largest absolute Gasteiger partial charge is 0.381 e. The molecule has 0 spiro atoms. The van der Waals surface area contributed by atoms with E-state index in [1.807, 2.05) is 6.20 Å². The molecular weight excluding hydrogens is 224 g/mol. The maximum atomic E-state index is 5.65. The summed E-state index contributed by atoms with van der Waals surface area (Å²) < 4.78 is 5.65. The molecule has 1 aliphatic heterocycles. The Bertz CT molecular complexity index is 401. The minimum Gasteiger partial charge on any atom is -0.381 e. The third-order valence-corrected chi connectivity index (χ3v) is 4.47. The first kappa shape index (κ1) is 12.1. The summed E-state index contributed by atoms with van der Waals surface area (Å²) in [7, 11) is 2.08. The minimum atomic E-state index is 0.515. The second-order valence-corrected chi connectivity index (χ2v) is 5.48. The Kier molecular flexibility index (Phi) is 3.62. The topological polar surface area (TPSA) is 34.1 Å². The summed E-state index contributed by atoms with van der Waals surface area (Å²) >= 11 is 0. The van der Waals surface area contributed by atoms with Crippen LogP contribution in [0, 0.1) is 5.92 Å². The molecule has 0 radical (unpaired) electrons. The van der Waals surface area contributed by atoms with Crippen LogP contribution in [0.4, 0.5) is 0 Å². The molecule has 3 heteroatoms. The third-order valence-electron chi connectivity index (χ3n) is 4.47. The number of aryl methyl sites for hydroxylation is 1. The van der Waals surface area contributed by atoms with Gasteiger partial charge in [-0.3, -0.25) is 4.98 Å². The Morgan fingerprint density at radius 3 is 3.17 bits per heavy atom. The van der Waals surface area contributed by atoms with Crippen LogP contribution >= 0.6 is 0 Å². The molecule has 1 N–H and O–H groups in total. The smallest absolute Gasteiger partial charge is 0.0509 e. The molecule has 0 aromatic carbocycles. The molecule has 2 heterocycles. The van der Waals surface area contributed by atoms with Crippen LogP contribution in [0.2, 0.25) is 0 Å². The fraction of sp³-hybridized carbons (Fsp3) is 0.667. The van der Waals surface area contributed by atoms with Crippen molar-refractivity contribution >= 4 is 0 Å². The molecule has 1 aromatic rings. The minimum absolute atomic E-state index is 0.515. The Balaban J connectivity index is 1.80. The summed E-state index contributed by atoms with van der Waals surface area (Å²) in [5.74, 6) is 1.21. The molecule has 3 nitrogen and oxygen atoms in total. The van der Waals surface area contributed by atoms with E-state index in [4.69, 9.17) is 4.74 Å². The van der Waals surface area contributed by atoms with Crippen molar-refractivity contribution in [3.8, 4) is 0 Å². The molecule has 1 aliphatic carbocycles. The van der Waals surface area contributed by atoms with Crippen LogP contribution < -0.4 is 5.32 Å². The summed E-state index contributed by atoms with van der Waals surface area (Å²) in [5, 5.41) is 3.53. The second kappa shape index (κ2) is 5.37. The highest BCUT2D eigenvalue weighted by Gasteiger charge is 2.35. The van der Waals surface area contributed by atoms with E-state index in [0.29, 0.717) is 17.9 Å². The van der Waals surface area contributed by atoms with Gasteiger partial charge in [0.1, 0.15) is 0 Å². The lowest BCUT2D eigenvalue weighted by atomic mass is 9.83. The highest BCUT2D eigenvalue weighted by molar-refractivity contribution is 5.30. The van der Waals surface area contributed by atoms with Crippen LogP contribution in [0.25, 0.3) is 0 Å². The van der Waals surface area contributed by atoms with Crippen molar-refractivity contribution in [2.75, 3.05) is 20.3 Å². The van der Waals surface area contributed by atoms with Crippen LogP contribution in [-0.2, 0) is 11.2 Å². The number of hydrogen-bond acceptors (Lipinski definition) is 3. The van der Waals surface area contributed by atoms with E-state index in [-0.39, 0.29) is 0 Å². The van der Waals surface area contributed by atoms with Crippen LogP contribution in [-0.4, -0.2) is 31.3 Å². The van der Waals surface area contributed by atoms with Gasteiger partial charge in [0.2, 0.25) is 0 Å². The first-order valence-electron chi connectivity index (χ1n) is 7.09. The molecule has 3 atom stereocenters. The van der Waals surface area contributed by atoms with E-state index in [1.54, 1.807) is 0 Å². The molecule has 98 valence electrons. The molecule has 1 aromatic heterocycles. The maximum absolute atomic E-state index is 5.65. The number of pyridine rings is 1. The van der Waals surface area contributed by atoms with Crippen molar-refractivity contribution in [3.05, 3.63) is 29.6 Å². The Morgan fingerprint density at radius 2 is 2.39 bits per heavy atom. The highest BCUT2D eigenvalue weighted by atomic mass is 16.5. The monoisotopic (exact) mass is 246 g/mol. The lowest BCUT2D eigenvalue weighted by molar-refractivity contribution is 0.0358. The summed E-state index contributed by atoms with van der Waals surface area (Å²) in [6.45, 7) is 1.84. The fourth-order valence-electron chi connectivity index (χ4n) is 3.61. The lowest BCUT2D eigenvalue weighted by Gasteiger charge is -2.34. The van der Waals surface area contributed by atoms with Gasteiger partial charge in [0.25, 0.3) is 0 Å². The van der Waals surface area contributed by atoms with Crippen molar-refractivity contribution in [2.24, 2.45) is 5.92 Å². The number of hydrogen-bond donors (Lipinski definition) is 1.